The van der Waals surface area contributed by atoms with Gasteiger partial charge >= 0.3 is 0 Å². The SMILES string of the molecule is CCCOc1c(Cl)cc(C(C)(C)c2ccc(NC(=O)c3ocnc3S(C)(=O)=O)cc2)cc1Cl. The molecule has 2 aromatic carbocycles. The van der Waals surface area contributed by atoms with Crippen molar-refractivity contribution in [2.45, 2.75) is 37.6 Å². The Morgan fingerprint density at radius 1 is 1.12 bits per heavy atom. The molecule has 1 aromatic heterocycles. The molecule has 10 heteroatoms. The Labute approximate surface area is 203 Å². The van der Waals surface area contributed by atoms with Gasteiger partial charge in [-0.3, -0.25) is 4.79 Å². The molecule has 7 nitrogen and oxygen atoms in total. The largest absolute Gasteiger partial charge is 0.490 e. The fourth-order valence-corrected chi connectivity index (χ4v) is 4.55. The van der Waals surface area contributed by atoms with Gasteiger partial charge in [0.05, 0.1) is 16.7 Å². The second-order valence-electron chi connectivity index (χ2n) is 8.03. The smallest absolute Gasteiger partial charge is 0.294 e. The Morgan fingerprint density at radius 2 is 1.73 bits per heavy atom. The van der Waals surface area contributed by atoms with Crippen molar-refractivity contribution in [2.24, 2.45) is 0 Å². The van der Waals surface area contributed by atoms with Crippen LogP contribution in [-0.4, -0.2) is 32.2 Å². The number of oxazole rings is 1. The Hall–Kier alpha value is -2.55. The normalized spacial score (nSPS) is 11.9. The molecule has 0 fully saturated rings. The molecule has 0 radical (unpaired) electrons. The summed E-state index contributed by atoms with van der Waals surface area (Å²) in [7, 11) is -3.70. The monoisotopic (exact) mass is 510 g/mol. The van der Waals surface area contributed by atoms with Crippen molar-refractivity contribution < 1.29 is 22.4 Å². The summed E-state index contributed by atoms with van der Waals surface area (Å²) in [6.45, 7) is 6.58. The third-order valence-corrected chi connectivity index (χ3v) is 6.68. The van der Waals surface area contributed by atoms with Crippen LogP contribution in [0.1, 0.15) is 48.9 Å². The van der Waals surface area contributed by atoms with Crippen molar-refractivity contribution in [1.82, 2.24) is 4.98 Å². The third kappa shape index (κ3) is 5.51. The van der Waals surface area contributed by atoms with Gasteiger partial charge < -0.3 is 14.5 Å². The summed E-state index contributed by atoms with van der Waals surface area (Å²) in [6, 6.07) is 10.8. The second-order valence-corrected chi connectivity index (χ2v) is 10.8. The molecule has 0 aliphatic heterocycles. The van der Waals surface area contributed by atoms with E-state index in [0.717, 1.165) is 30.2 Å². The van der Waals surface area contributed by atoms with E-state index in [-0.39, 0.29) is 5.76 Å². The number of nitrogens with zero attached hydrogens (tertiary/aromatic N) is 1. The van der Waals surface area contributed by atoms with Crippen LogP contribution in [0, 0.1) is 0 Å². The van der Waals surface area contributed by atoms with Crippen molar-refractivity contribution in [1.29, 1.82) is 0 Å². The first-order valence-electron chi connectivity index (χ1n) is 10.1. The van der Waals surface area contributed by atoms with Crippen molar-refractivity contribution >= 4 is 44.6 Å². The van der Waals surface area contributed by atoms with Gasteiger partial charge in [-0.25, -0.2) is 13.4 Å². The molecule has 1 heterocycles. The highest BCUT2D eigenvalue weighted by Crippen LogP contribution is 2.40. The van der Waals surface area contributed by atoms with Crippen LogP contribution in [0.2, 0.25) is 10.0 Å². The van der Waals surface area contributed by atoms with E-state index in [2.05, 4.69) is 10.3 Å². The number of sulfone groups is 1. The Balaban J connectivity index is 1.82. The average molecular weight is 511 g/mol. The second kappa shape index (κ2) is 9.75. The number of aromatic nitrogens is 1. The van der Waals surface area contributed by atoms with Gasteiger partial charge in [0, 0.05) is 17.4 Å². The summed E-state index contributed by atoms with van der Waals surface area (Å²) >= 11 is 12.9. The zero-order chi connectivity index (χ0) is 24.4. The average Bonchev–Trinajstić information content (AvgIpc) is 3.24. The Bertz CT molecular complexity index is 1250. The number of hydrogen-bond acceptors (Lipinski definition) is 6. The van der Waals surface area contributed by atoms with Crippen LogP contribution in [0.15, 0.2) is 52.2 Å². The highest BCUT2D eigenvalue weighted by atomic mass is 35.5. The first-order valence-corrected chi connectivity index (χ1v) is 12.8. The fourth-order valence-electron chi connectivity index (χ4n) is 3.24. The summed E-state index contributed by atoms with van der Waals surface area (Å²) in [6.07, 6.45) is 2.72. The van der Waals surface area contributed by atoms with Gasteiger partial charge in [0.15, 0.2) is 22.0 Å². The van der Waals surface area contributed by atoms with Gasteiger partial charge in [-0.05, 0) is 41.8 Å². The zero-order valence-electron chi connectivity index (χ0n) is 18.6. The van der Waals surface area contributed by atoms with Crippen LogP contribution < -0.4 is 10.1 Å². The molecule has 0 aliphatic carbocycles. The molecule has 0 saturated carbocycles. The number of benzene rings is 2. The van der Waals surface area contributed by atoms with Crippen LogP contribution >= 0.6 is 23.2 Å². The van der Waals surface area contributed by atoms with E-state index < -0.39 is 26.2 Å². The maximum absolute atomic E-state index is 12.5. The first kappa shape index (κ1) is 25.1. The summed E-state index contributed by atoms with van der Waals surface area (Å²) in [5.41, 5.74) is 1.87. The van der Waals surface area contributed by atoms with E-state index in [1.165, 1.54) is 0 Å². The number of amides is 1. The lowest BCUT2D eigenvalue weighted by Crippen LogP contribution is -2.19. The first-order chi connectivity index (χ1) is 15.4. The Kier molecular flexibility index (Phi) is 7.41. The molecule has 1 N–H and O–H groups in total. The minimum absolute atomic E-state index is 0.364. The number of carbonyl (C=O) groups is 1. The number of ether oxygens (including phenoxy) is 1. The molecule has 1 amide bonds. The van der Waals surface area contributed by atoms with Crippen LogP contribution in [0.25, 0.3) is 0 Å². The van der Waals surface area contributed by atoms with E-state index in [4.69, 9.17) is 32.4 Å². The van der Waals surface area contributed by atoms with Gasteiger partial charge in [-0.1, -0.05) is 56.1 Å². The topological polar surface area (TPSA) is 98.5 Å². The predicted octanol–water partition coefficient (Wildman–Crippen LogP) is 5.75. The number of hydrogen-bond donors (Lipinski definition) is 1. The molecule has 0 saturated heterocycles. The Morgan fingerprint density at radius 3 is 2.27 bits per heavy atom. The third-order valence-electron chi connectivity index (χ3n) is 5.13. The lowest BCUT2D eigenvalue weighted by Gasteiger charge is -2.27. The summed E-state index contributed by atoms with van der Waals surface area (Å²) < 4.78 is 34.1. The summed E-state index contributed by atoms with van der Waals surface area (Å²) in [5, 5.41) is 3.10. The lowest BCUT2D eigenvalue weighted by atomic mass is 9.78. The molecule has 33 heavy (non-hydrogen) atoms. The quantitative estimate of drug-likeness (QED) is 0.414. The molecule has 0 spiro atoms. The van der Waals surface area contributed by atoms with E-state index in [1.54, 1.807) is 12.1 Å². The van der Waals surface area contributed by atoms with Gasteiger partial charge in [-0.15, -0.1) is 0 Å². The molecule has 0 aliphatic rings. The van der Waals surface area contributed by atoms with Gasteiger partial charge in [0.2, 0.25) is 10.8 Å². The molecule has 3 rings (SSSR count). The standard InChI is InChI=1S/C23H24Cl2N2O5S/c1-5-10-31-19-17(24)11-15(12-18(19)25)23(2,3)14-6-8-16(9-7-14)27-21(28)20-22(26-13-32-20)33(4,29)30/h6-9,11-13H,5,10H2,1-4H3,(H,27,28). The number of carbonyl (C=O) groups excluding carboxylic acids is 1. The van der Waals surface area contributed by atoms with E-state index >= 15 is 0 Å². The van der Waals surface area contributed by atoms with Gasteiger partial charge in [0.1, 0.15) is 0 Å². The predicted molar refractivity (Wildman–Crippen MR) is 128 cm³/mol. The van der Waals surface area contributed by atoms with E-state index in [0.29, 0.717) is 28.1 Å². The van der Waals surface area contributed by atoms with Crippen LogP contribution in [0.5, 0.6) is 5.75 Å². The number of rotatable bonds is 8. The van der Waals surface area contributed by atoms with Gasteiger partial charge in [-0.2, -0.15) is 0 Å². The minimum Gasteiger partial charge on any atom is -0.490 e. The van der Waals surface area contributed by atoms with Gasteiger partial charge in [0.25, 0.3) is 5.91 Å². The minimum atomic E-state index is -3.70. The maximum atomic E-state index is 12.5. The summed E-state index contributed by atoms with van der Waals surface area (Å²) in [5.74, 6) is -0.601. The van der Waals surface area contributed by atoms with Crippen molar-refractivity contribution in [3.63, 3.8) is 0 Å². The fraction of sp³-hybridized carbons (Fsp3) is 0.304. The number of halogens is 2. The lowest BCUT2D eigenvalue weighted by molar-refractivity contribution is 0.0992. The maximum Gasteiger partial charge on any atom is 0.294 e. The van der Waals surface area contributed by atoms with Crippen LogP contribution in [0.3, 0.4) is 0 Å². The molecule has 0 unspecified atom stereocenters. The van der Waals surface area contributed by atoms with Crippen LogP contribution in [-0.2, 0) is 15.3 Å². The molecular formula is C23H24Cl2N2O5S. The van der Waals surface area contributed by atoms with Crippen molar-refractivity contribution in [3.05, 3.63) is 69.7 Å². The molecule has 3 aromatic rings. The van der Waals surface area contributed by atoms with Crippen molar-refractivity contribution in [3.8, 4) is 5.75 Å². The number of anilines is 1. The van der Waals surface area contributed by atoms with E-state index in [1.807, 2.05) is 45.0 Å². The highest BCUT2D eigenvalue weighted by molar-refractivity contribution is 7.90. The van der Waals surface area contributed by atoms with Crippen LogP contribution in [0.4, 0.5) is 5.69 Å². The zero-order valence-corrected chi connectivity index (χ0v) is 20.9. The highest BCUT2D eigenvalue weighted by Gasteiger charge is 2.27. The molecule has 0 atom stereocenters. The molecule has 176 valence electrons. The van der Waals surface area contributed by atoms with Crippen molar-refractivity contribution in [2.75, 3.05) is 18.2 Å². The molecular weight excluding hydrogens is 487 g/mol. The van der Waals surface area contributed by atoms with E-state index in [9.17, 15) is 13.2 Å². The summed E-state index contributed by atoms with van der Waals surface area (Å²) in [4.78, 5) is 16.1. The molecule has 0 bridgehead atoms. The number of nitrogens with one attached hydrogen (secondary N) is 1.